The van der Waals surface area contributed by atoms with Crippen LogP contribution in [0.5, 0.6) is 0 Å². The van der Waals surface area contributed by atoms with Crippen LogP contribution in [0.15, 0.2) is 17.2 Å². The molecule has 1 aromatic heterocycles. The van der Waals surface area contributed by atoms with Crippen LogP contribution in [-0.4, -0.2) is 5.16 Å². The maximum Gasteiger partial charge on any atom is 0.174 e. The van der Waals surface area contributed by atoms with Crippen molar-refractivity contribution in [2.75, 3.05) is 5.73 Å². The minimum atomic E-state index is 0.401. The van der Waals surface area contributed by atoms with Gasteiger partial charge in [0, 0.05) is 0 Å². The number of nitrogens with zero attached hydrogens (tertiary/aromatic N) is 1. The van der Waals surface area contributed by atoms with Gasteiger partial charge in [-0.2, -0.15) is 0 Å². The summed E-state index contributed by atoms with van der Waals surface area (Å²) in [5.41, 5.74) is 6.18. The third-order valence-corrected chi connectivity index (χ3v) is 1.33. The molecule has 0 saturated heterocycles. The first-order chi connectivity index (χ1) is 6.29. The van der Waals surface area contributed by atoms with Crippen molar-refractivity contribution in [3.05, 3.63) is 23.3 Å². The third kappa shape index (κ3) is 2.78. The lowest BCUT2D eigenvalue weighted by Gasteiger charge is -1.75. The highest BCUT2D eigenvalue weighted by molar-refractivity contribution is 5.44. The van der Waals surface area contributed by atoms with Crippen molar-refractivity contribution in [2.45, 2.75) is 20.8 Å². The number of anilines is 1. The van der Waals surface area contributed by atoms with Crippen molar-refractivity contribution in [3.63, 3.8) is 0 Å². The second kappa shape index (κ2) is 6.06. The Kier molecular flexibility index (Phi) is 5.35. The van der Waals surface area contributed by atoms with Crippen molar-refractivity contribution < 1.29 is 4.52 Å². The molecule has 0 fully saturated rings. The van der Waals surface area contributed by atoms with Crippen LogP contribution in [0.4, 0.5) is 5.82 Å². The summed E-state index contributed by atoms with van der Waals surface area (Å²) in [6, 6.07) is 0. The van der Waals surface area contributed by atoms with Crippen molar-refractivity contribution in [3.8, 4) is 0 Å². The van der Waals surface area contributed by atoms with E-state index in [2.05, 4.69) is 11.7 Å². The van der Waals surface area contributed by atoms with E-state index in [-0.39, 0.29) is 0 Å². The van der Waals surface area contributed by atoms with Gasteiger partial charge in [0.15, 0.2) is 11.2 Å². The van der Waals surface area contributed by atoms with E-state index in [0.29, 0.717) is 11.2 Å². The zero-order chi connectivity index (χ0) is 10.3. The van der Waals surface area contributed by atoms with Crippen molar-refractivity contribution in [2.24, 2.45) is 0 Å². The number of hydrogen-bond donors (Lipinski definition) is 1. The number of rotatable bonds is 1. The minimum absolute atomic E-state index is 0.401. The van der Waals surface area contributed by atoms with Gasteiger partial charge in [-0.1, -0.05) is 31.7 Å². The first-order valence-corrected chi connectivity index (χ1v) is 4.30. The lowest BCUT2D eigenvalue weighted by atomic mass is 10.3. The predicted molar refractivity (Wildman–Crippen MR) is 56.3 cm³/mol. The van der Waals surface area contributed by atoms with E-state index in [4.69, 9.17) is 10.3 Å². The Bertz CT molecular complexity index is 363. The minimum Gasteiger partial charge on any atom is -0.380 e. The van der Waals surface area contributed by atoms with E-state index >= 15 is 0 Å². The van der Waals surface area contributed by atoms with Gasteiger partial charge in [-0.05, 0) is 19.1 Å². The molecule has 0 aliphatic carbocycles. The van der Waals surface area contributed by atoms with Crippen LogP contribution in [-0.2, 0) is 0 Å². The second-order valence-electron chi connectivity index (χ2n) is 2.04. The zero-order valence-electron chi connectivity index (χ0n) is 8.37. The van der Waals surface area contributed by atoms with Crippen molar-refractivity contribution in [1.82, 2.24) is 5.16 Å². The van der Waals surface area contributed by atoms with Crippen LogP contribution in [0.25, 0.3) is 12.2 Å². The van der Waals surface area contributed by atoms with Crippen molar-refractivity contribution >= 4 is 18.0 Å². The fourth-order valence-corrected chi connectivity index (χ4v) is 0.816. The van der Waals surface area contributed by atoms with E-state index < -0.39 is 0 Å². The summed E-state index contributed by atoms with van der Waals surface area (Å²) in [5, 5.41) is 4.39. The molecule has 0 bridgehead atoms. The quantitative estimate of drug-likeness (QED) is 0.702. The molecule has 1 rings (SSSR count). The van der Waals surface area contributed by atoms with Gasteiger partial charge in [-0.3, -0.25) is 0 Å². The first-order valence-electron chi connectivity index (χ1n) is 4.30. The molecule has 72 valence electrons. The summed E-state index contributed by atoms with van der Waals surface area (Å²) in [4.78, 5) is 0. The Labute approximate surface area is 78.2 Å². The normalized spacial score (nSPS) is 12.2. The van der Waals surface area contributed by atoms with Gasteiger partial charge in [0.25, 0.3) is 0 Å². The highest BCUT2D eigenvalue weighted by Crippen LogP contribution is 1.79. The fourth-order valence-electron chi connectivity index (χ4n) is 0.816. The molecule has 0 aliphatic heterocycles. The molecule has 3 nitrogen and oxygen atoms in total. The molecule has 0 spiro atoms. The monoisotopic (exact) mass is 180 g/mol. The number of aromatic nitrogens is 1. The van der Waals surface area contributed by atoms with E-state index in [0.717, 1.165) is 5.22 Å². The van der Waals surface area contributed by atoms with E-state index in [9.17, 15) is 0 Å². The first kappa shape index (κ1) is 11.5. The summed E-state index contributed by atoms with van der Waals surface area (Å²) < 4.78 is 4.89. The summed E-state index contributed by atoms with van der Waals surface area (Å²) in [6.45, 7) is 9.42. The second-order valence-corrected chi connectivity index (χ2v) is 2.04. The fraction of sp³-hybridized carbons (Fsp3) is 0.300. The van der Waals surface area contributed by atoms with E-state index in [1.807, 2.05) is 20.8 Å². The molecule has 0 atom stereocenters. The summed E-state index contributed by atoms with van der Waals surface area (Å²) in [7, 11) is 0. The smallest absolute Gasteiger partial charge is 0.174 e. The van der Waals surface area contributed by atoms with E-state index in [1.54, 1.807) is 18.2 Å². The molecular formula is C10H16N2O. The molecule has 1 heterocycles. The number of allylic oxidation sites excluding steroid dienone is 1. The average molecular weight is 180 g/mol. The molecule has 0 unspecified atom stereocenters. The Morgan fingerprint density at radius 1 is 1.46 bits per heavy atom. The maximum atomic E-state index is 5.50. The van der Waals surface area contributed by atoms with Crippen LogP contribution < -0.4 is 16.4 Å². The van der Waals surface area contributed by atoms with Crippen LogP contribution >= 0.6 is 0 Å². The standard InChI is InChI=1S/C8H10N2O.C2H6/c1-3-5-6-7(4-2)11-10-8(6)9;1-2/h3-5H,1H2,2H3,(H2,9,10);1-2H3/b6-5+,7-4+;. The molecule has 2 N–H and O–H groups in total. The van der Waals surface area contributed by atoms with Gasteiger partial charge in [0.1, 0.15) is 0 Å². The van der Waals surface area contributed by atoms with Gasteiger partial charge in [-0.25, -0.2) is 0 Å². The SMILES string of the molecule is C=C/C=c1/c(N)no/c1=C/C.CC. The molecule has 0 aliphatic rings. The van der Waals surface area contributed by atoms with Crippen LogP contribution in [0.1, 0.15) is 20.8 Å². The van der Waals surface area contributed by atoms with Gasteiger partial charge in [0.05, 0.1) is 5.22 Å². The Morgan fingerprint density at radius 2 is 2.08 bits per heavy atom. The predicted octanol–water partition coefficient (Wildman–Crippen LogP) is 1.05. The lowest BCUT2D eigenvalue weighted by molar-refractivity contribution is 0.396. The summed E-state index contributed by atoms with van der Waals surface area (Å²) in [5.74, 6) is 0.401. The number of nitrogen functional groups attached to an aromatic ring is 1. The average Bonchev–Trinajstić information content (AvgIpc) is 2.52. The lowest BCUT2D eigenvalue weighted by Crippen LogP contribution is -2.21. The summed E-state index contributed by atoms with van der Waals surface area (Å²) in [6.07, 6.45) is 5.22. The largest absolute Gasteiger partial charge is 0.380 e. The van der Waals surface area contributed by atoms with Gasteiger partial charge < -0.3 is 10.3 Å². The van der Waals surface area contributed by atoms with Gasteiger partial charge >= 0.3 is 0 Å². The Morgan fingerprint density at radius 3 is 2.54 bits per heavy atom. The van der Waals surface area contributed by atoms with Crippen molar-refractivity contribution in [1.29, 1.82) is 0 Å². The molecule has 0 radical (unpaired) electrons. The van der Waals surface area contributed by atoms with Crippen LogP contribution in [0.3, 0.4) is 0 Å². The topological polar surface area (TPSA) is 52.0 Å². The maximum absolute atomic E-state index is 5.50. The Balaban J connectivity index is 0.000000671. The molecule has 3 heteroatoms. The van der Waals surface area contributed by atoms with E-state index in [1.165, 1.54) is 0 Å². The molecular weight excluding hydrogens is 164 g/mol. The third-order valence-electron chi connectivity index (χ3n) is 1.33. The van der Waals surface area contributed by atoms with Crippen LogP contribution in [0, 0.1) is 0 Å². The van der Waals surface area contributed by atoms with Gasteiger partial charge in [-0.15, -0.1) is 0 Å². The molecule has 0 amide bonds. The number of nitrogens with two attached hydrogens (primary N) is 1. The Hall–Kier alpha value is -1.51. The molecule has 0 aromatic carbocycles. The zero-order valence-corrected chi connectivity index (χ0v) is 8.37. The number of hydrogen-bond acceptors (Lipinski definition) is 3. The van der Waals surface area contributed by atoms with Crippen LogP contribution in [0.2, 0.25) is 0 Å². The van der Waals surface area contributed by atoms with Gasteiger partial charge in [0.2, 0.25) is 0 Å². The molecule has 13 heavy (non-hydrogen) atoms. The highest BCUT2D eigenvalue weighted by Gasteiger charge is 1.94. The molecule has 0 saturated carbocycles. The summed E-state index contributed by atoms with van der Waals surface area (Å²) >= 11 is 0. The molecule has 1 aromatic rings. The highest BCUT2D eigenvalue weighted by atomic mass is 16.5.